The zero-order chi connectivity index (χ0) is 16.4. The SMILES string of the molecule is Cl.O=C(Cc1noc2ccccc12)NCC1NCCc2ccccc21. The lowest BCUT2D eigenvalue weighted by Crippen LogP contribution is -2.39. The van der Waals surface area contributed by atoms with E-state index in [1.807, 2.05) is 30.3 Å². The van der Waals surface area contributed by atoms with Crippen molar-refractivity contribution in [3.05, 3.63) is 65.4 Å². The molecule has 0 fully saturated rings. The van der Waals surface area contributed by atoms with Crippen LogP contribution in [0.2, 0.25) is 0 Å². The standard InChI is InChI=1S/C19H19N3O2.ClH/c23-19(11-16-15-7-3-4-8-18(15)24-22-16)21-12-17-14-6-2-1-5-13(14)9-10-20-17;/h1-8,17,20H,9-12H2,(H,21,23);1H. The van der Waals surface area contributed by atoms with Crippen molar-refractivity contribution in [1.29, 1.82) is 0 Å². The third-order valence-electron chi connectivity index (χ3n) is 4.50. The van der Waals surface area contributed by atoms with E-state index in [1.54, 1.807) is 0 Å². The Labute approximate surface area is 152 Å². The van der Waals surface area contributed by atoms with Gasteiger partial charge < -0.3 is 15.2 Å². The Hall–Kier alpha value is -2.37. The number of carbonyl (C=O) groups is 1. The predicted molar refractivity (Wildman–Crippen MR) is 98.9 cm³/mol. The Morgan fingerprint density at radius 3 is 2.92 bits per heavy atom. The van der Waals surface area contributed by atoms with E-state index in [0.717, 1.165) is 18.4 Å². The molecule has 2 heterocycles. The predicted octanol–water partition coefficient (Wildman–Crippen LogP) is 2.80. The Morgan fingerprint density at radius 1 is 1.20 bits per heavy atom. The van der Waals surface area contributed by atoms with Gasteiger partial charge >= 0.3 is 0 Å². The highest BCUT2D eigenvalue weighted by molar-refractivity contribution is 5.86. The van der Waals surface area contributed by atoms with Crippen LogP contribution in [0.3, 0.4) is 0 Å². The van der Waals surface area contributed by atoms with Gasteiger partial charge in [-0.15, -0.1) is 12.4 Å². The fourth-order valence-electron chi connectivity index (χ4n) is 3.27. The molecule has 1 atom stereocenters. The van der Waals surface area contributed by atoms with E-state index in [9.17, 15) is 4.79 Å². The van der Waals surface area contributed by atoms with Crippen molar-refractivity contribution in [3.8, 4) is 0 Å². The summed E-state index contributed by atoms with van der Waals surface area (Å²) in [6.45, 7) is 1.51. The van der Waals surface area contributed by atoms with Crippen LogP contribution in [0.4, 0.5) is 0 Å². The molecule has 2 aromatic carbocycles. The molecule has 1 aliphatic heterocycles. The highest BCUT2D eigenvalue weighted by Gasteiger charge is 2.20. The summed E-state index contributed by atoms with van der Waals surface area (Å²) in [5, 5.41) is 11.4. The molecular formula is C19H20ClN3O2. The van der Waals surface area contributed by atoms with Crippen molar-refractivity contribution in [2.24, 2.45) is 0 Å². The van der Waals surface area contributed by atoms with Gasteiger partial charge in [0.15, 0.2) is 5.58 Å². The van der Waals surface area contributed by atoms with Crippen molar-refractivity contribution in [1.82, 2.24) is 15.8 Å². The monoisotopic (exact) mass is 357 g/mol. The molecule has 0 saturated heterocycles. The first-order valence-electron chi connectivity index (χ1n) is 8.22. The van der Waals surface area contributed by atoms with E-state index >= 15 is 0 Å². The van der Waals surface area contributed by atoms with Crippen LogP contribution in [0.5, 0.6) is 0 Å². The lowest BCUT2D eigenvalue weighted by atomic mass is 9.94. The first kappa shape index (κ1) is 17.5. The van der Waals surface area contributed by atoms with Crippen LogP contribution < -0.4 is 10.6 Å². The van der Waals surface area contributed by atoms with Gasteiger partial charge in [0.1, 0.15) is 5.69 Å². The third kappa shape index (κ3) is 3.67. The van der Waals surface area contributed by atoms with Crippen molar-refractivity contribution in [2.45, 2.75) is 18.9 Å². The fraction of sp³-hybridized carbons (Fsp3) is 0.263. The van der Waals surface area contributed by atoms with Gasteiger partial charge in [-0.05, 0) is 36.2 Å². The fourth-order valence-corrected chi connectivity index (χ4v) is 3.27. The van der Waals surface area contributed by atoms with Gasteiger partial charge in [0, 0.05) is 18.0 Å². The minimum atomic E-state index is -0.0427. The van der Waals surface area contributed by atoms with E-state index in [0.29, 0.717) is 17.8 Å². The van der Waals surface area contributed by atoms with Crippen LogP contribution in [0.1, 0.15) is 22.9 Å². The van der Waals surface area contributed by atoms with Gasteiger partial charge in [-0.3, -0.25) is 4.79 Å². The zero-order valence-corrected chi connectivity index (χ0v) is 14.5. The maximum absolute atomic E-state index is 12.3. The van der Waals surface area contributed by atoms with Crippen LogP contribution >= 0.6 is 12.4 Å². The van der Waals surface area contributed by atoms with Gasteiger partial charge in [-0.1, -0.05) is 41.6 Å². The molecule has 130 valence electrons. The number of para-hydroxylation sites is 1. The Morgan fingerprint density at radius 2 is 2.00 bits per heavy atom. The second-order valence-electron chi connectivity index (χ2n) is 6.06. The molecule has 3 aromatic rings. The van der Waals surface area contributed by atoms with Crippen LogP contribution in [-0.2, 0) is 17.6 Å². The van der Waals surface area contributed by atoms with Crippen molar-refractivity contribution >= 4 is 29.3 Å². The largest absolute Gasteiger partial charge is 0.356 e. The minimum Gasteiger partial charge on any atom is -0.356 e. The van der Waals surface area contributed by atoms with E-state index < -0.39 is 0 Å². The molecule has 1 aliphatic rings. The number of rotatable bonds is 4. The molecule has 4 rings (SSSR count). The maximum Gasteiger partial charge on any atom is 0.226 e. The average Bonchev–Trinajstić information content (AvgIpc) is 3.03. The molecule has 0 bridgehead atoms. The van der Waals surface area contributed by atoms with Gasteiger partial charge in [-0.25, -0.2) is 0 Å². The molecule has 1 aromatic heterocycles. The van der Waals surface area contributed by atoms with Crippen LogP contribution in [0.25, 0.3) is 11.0 Å². The summed E-state index contributed by atoms with van der Waals surface area (Å²) in [7, 11) is 0. The molecule has 0 saturated carbocycles. The number of benzene rings is 2. The molecule has 0 spiro atoms. The number of nitrogens with zero attached hydrogens (tertiary/aromatic N) is 1. The van der Waals surface area contributed by atoms with E-state index in [2.05, 4.69) is 34.0 Å². The number of hydrogen-bond donors (Lipinski definition) is 2. The molecule has 0 aliphatic carbocycles. The van der Waals surface area contributed by atoms with Crippen LogP contribution in [0, 0.1) is 0 Å². The Kier molecular flexibility index (Phi) is 5.36. The smallest absolute Gasteiger partial charge is 0.226 e. The number of nitrogens with one attached hydrogen (secondary N) is 2. The molecule has 6 heteroatoms. The normalized spacial score (nSPS) is 16.1. The highest BCUT2D eigenvalue weighted by Crippen LogP contribution is 2.22. The Bertz CT molecular complexity index is 878. The minimum absolute atomic E-state index is 0. The number of aromatic nitrogens is 1. The summed E-state index contributed by atoms with van der Waals surface area (Å²) in [5.41, 5.74) is 4.03. The highest BCUT2D eigenvalue weighted by atomic mass is 35.5. The summed E-state index contributed by atoms with van der Waals surface area (Å²) in [4.78, 5) is 12.3. The van der Waals surface area contributed by atoms with E-state index in [4.69, 9.17) is 4.52 Å². The molecule has 2 N–H and O–H groups in total. The first-order chi connectivity index (χ1) is 11.8. The zero-order valence-electron chi connectivity index (χ0n) is 13.7. The summed E-state index contributed by atoms with van der Waals surface area (Å²) in [6.07, 6.45) is 1.26. The lowest BCUT2D eigenvalue weighted by Gasteiger charge is -2.27. The first-order valence-corrected chi connectivity index (χ1v) is 8.22. The average molecular weight is 358 g/mol. The second kappa shape index (κ2) is 7.68. The molecule has 5 nitrogen and oxygen atoms in total. The lowest BCUT2D eigenvalue weighted by molar-refractivity contribution is -0.120. The van der Waals surface area contributed by atoms with Crippen molar-refractivity contribution in [3.63, 3.8) is 0 Å². The van der Waals surface area contributed by atoms with Crippen molar-refractivity contribution < 1.29 is 9.32 Å². The quantitative estimate of drug-likeness (QED) is 0.753. The summed E-state index contributed by atoms with van der Waals surface area (Å²) in [5.74, 6) is -0.0427. The van der Waals surface area contributed by atoms with Crippen LogP contribution in [0.15, 0.2) is 53.1 Å². The maximum atomic E-state index is 12.3. The van der Waals surface area contributed by atoms with E-state index in [-0.39, 0.29) is 30.8 Å². The number of halogens is 1. The molecule has 1 unspecified atom stereocenters. The van der Waals surface area contributed by atoms with Gasteiger partial charge in [0.25, 0.3) is 0 Å². The van der Waals surface area contributed by atoms with Crippen LogP contribution in [-0.4, -0.2) is 24.2 Å². The summed E-state index contributed by atoms with van der Waals surface area (Å²) >= 11 is 0. The van der Waals surface area contributed by atoms with Gasteiger partial charge in [0.05, 0.1) is 6.42 Å². The van der Waals surface area contributed by atoms with E-state index in [1.165, 1.54) is 11.1 Å². The number of amides is 1. The number of fused-ring (bicyclic) bond motifs is 2. The van der Waals surface area contributed by atoms with Gasteiger partial charge in [-0.2, -0.15) is 0 Å². The summed E-state index contributed by atoms with van der Waals surface area (Å²) < 4.78 is 5.25. The number of carbonyl (C=O) groups excluding carboxylic acids is 1. The molecule has 0 radical (unpaired) electrons. The third-order valence-corrected chi connectivity index (χ3v) is 4.50. The number of hydrogen-bond acceptors (Lipinski definition) is 4. The summed E-state index contributed by atoms with van der Waals surface area (Å²) in [6, 6.07) is 16.1. The molecule has 25 heavy (non-hydrogen) atoms. The topological polar surface area (TPSA) is 67.2 Å². The van der Waals surface area contributed by atoms with Gasteiger partial charge in [0.2, 0.25) is 5.91 Å². The second-order valence-corrected chi connectivity index (χ2v) is 6.06. The van der Waals surface area contributed by atoms with Crippen molar-refractivity contribution in [2.75, 3.05) is 13.1 Å². The molecule has 1 amide bonds. The Balaban J connectivity index is 0.00000182. The molecular weight excluding hydrogens is 338 g/mol.